The minimum Gasteiger partial charge on any atom is -0.266 e. The number of fused-ring (bicyclic) bond motifs is 1. The van der Waals surface area contributed by atoms with Gasteiger partial charge in [0.05, 0.1) is 12.1 Å². The predicted molar refractivity (Wildman–Crippen MR) is 67.6 cm³/mol. The average Bonchev–Trinajstić information content (AvgIpc) is 2.74. The van der Waals surface area contributed by atoms with E-state index < -0.39 is 10.1 Å². The van der Waals surface area contributed by atoms with Gasteiger partial charge in [0.2, 0.25) is 0 Å². The third-order valence-electron chi connectivity index (χ3n) is 2.15. The summed E-state index contributed by atoms with van der Waals surface area (Å²) in [5.74, 6) is 0.140. The van der Waals surface area contributed by atoms with E-state index in [1.54, 1.807) is 12.1 Å². The van der Waals surface area contributed by atoms with Crippen molar-refractivity contribution in [3.63, 3.8) is 0 Å². The molecule has 1 aromatic heterocycles. The van der Waals surface area contributed by atoms with E-state index in [-0.39, 0.29) is 47.0 Å². The number of rotatable bonds is 4. The zero-order valence-electron chi connectivity index (χ0n) is 10.5. The van der Waals surface area contributed by atoms with Gasteiger partial charge < -0.3 is 0 Å². The van der Waals surface area contributed by atoms with Crippen molar-refractivity contribution in [1.29, 1.82) is 0 Å². The smallest absolute Gasteiger partial charge is 0.266 e. The summed E-state index contributed by atoms with van der Waals surface area (Å²) in [6.45, 7) is 3.91. The normalized spacial score (nSPS) is 11.7. The molecule has 0 amide bonds. The second-order valence-corrected chi connectivity index (χ2v) is 5.68. The maximum absolute atomic E-state index is 11.9. The third kappa shape index (κ3) is 3.30. The van der Waals surface area contributed by atoms with Crippen LogP contribution in [0.3, 0.4) is 0 Å². The Hall–Kier alpha value is -0.470. The molecule has 0 aliphatic heterocycles. The van der Waals surface area contributed by atoms with E-state index in [0.717, 1.165) is 0 Å². The summed E-state index contributed by atoms with van der Waals surface area (Å²) in [5, 5.41) is 9.94. The van der Waals surface area contributed by atoms with Crippen LogP contribution in [-0.4, -0.2) is 60.0 Å². The Bertz CT molecular complexity index is 624. The molecule has 0 unspecified atom stereocenters. The predicted octanol–water partition coefficient (Wildman–Crippen LogP) is 0.938. The number of aromatic amines is 1. The summed E-state index contributed by atoms with van der Waals surface area (Å²) in [6.07, 6.45) is 0. The molecular weight excluding hydrogens is 265 g/mol. The molecule has 0 fully saturated rings. The zero-order chi connectivity index (χ0) is 12.5. The molecule has 2 rings (SSSR count). The monoisotopic (exact) mass is 278 g/mol. The van der Waals surface area contributed by atoms with E-state index in [1.807, 2.05) is 13.8 Å². The molecule has 8 heteroatoms. The van der Waals surface area contributed by atoms with Gasteiger partial charge in [0.15, 0.2) is 0 Å². The molecule has 0 saturated carbocycles. The van der Waals surface area contributed by atoms with Crippen LogP contribution in [0.1, 0.15) is 13.8 Å². The molecule has 0 atom stereocenters. The van der Waals surface area contributed by atoms with E-state index in [4.69, 9.17) is 4.18 Å². The van der Waals surface area contributed by atoms with Crippen LogP contribution in [0.25, 0.3) is 11.0 Å². The fourth-order valence-electron chi connectivity index (χ4n) is 1.34. The first-order chi connectivity index (χ1) is 8.00. The van der Waals surface area contributed by atoms with Crippen molar-refractivity contribution >= 4 is 50.7 Å². The van der Waals surface area contributed by atoms with Gasteiger partial charge in [-0.1, -0.05) is 25.1 Å². The molecule has 18 heavy (non-hydrogen) atoms. The van der Waals surface area contributed by atoms with Crippen LogP contribution < -0.4 is 0 Å². The van der Waals surface area contributed by atoms with Crippen molar-refractivity contribution in [2.45, 2.75) is 18.7 Å². The van der Waals surface area contributed by atoms with Gasteiger partial charge in [0.25, 0.3) is 10.1 Å². The molecule has 2 aromatic rings. The fraction of sp³-hybridized carbons (Fsp3) is 0.400. The van der Waals surface area contributed by atoms with E-state index in [9.17, 15) is 8.42 Å². The van der Waals surface area contributed by atoms with Crippen molar-refractivity contribution < 1.29 is 12.6 Å². The number of nitrogens with one attached hydrogen (secondary N) is 1. The Morgan fingerprint density at radius 1 is 1.39 bits per heavy atom. The number of hydrogen-bond acceptors (Lipinski definition) is 5. The Morgan fingerprint density at radius 3 is 2.78 bits per heavy atom. The number of aromatic nitrogens is 3. The van der Waals surface area contributed by atoms with Gasteiger partial charge >= 0.3 is 0 Å². The van der Waals surface area contributed by atoms with Gasteiger partial charge in [-0.25, -0.2) is 0 Å². The van der Waals surface area contributed by atoms with Crippen molar-refractivity contribution in [3.05, 3.63) is 18.2 Å². The minimum absolute atomic E-state index is 0. The standard InChI is InChI=1S/C10H13N3O3S.Na/c1-7(2)6-16-17(14,15)9-5-3-4-8-10(9)12-13-11-8;/h3-5,7H,6H2,1-2H3,(H,11,12,13);. The van der Waals surface area contributed by atoms with Crippen LogP contribution in [0.4, 0.5) is 0 Å². The molecule has 1 radical (unpaired) electrons. The molecule has 1 N–H and O–H groups in total. The summed E-state index contributed by atoms with van der Waals surface area (Å²) in [4.78, 5) is 0.0457. The second-order valence-electron chi connectivity index (χ2n) is 4.10. The Balaban J connectivity index is 0.00000162. The van der Waals surface area contributed by atoms with Crippen LogP contribution in [0.2, 0.25) is 0 Å². The van der Waals surface area contributed by atoms with Crippen LogP contribution in [0.5, 0.6) is 0 Å². The van der Waals surface area contributed by atoms with Crippen molar-refractivity contribution in [2.75, 3.05) is 6.61 Å². The first-order valence-corrected chi connectivity index (χ1v) is 6.61. The number of benzene rings is 1. The summed E-state index contributed by atoms with van der Waals surface area (Å²) in [6, 6.07) is 4.78. The zero-order valence-corrected chi connectivity index (χ0v) is 13.4. The number of nitrogens with zero attached hydrogens (tertiary/aromatic N) is 2. The molecule has 1 heterocycles. The van der Waals surface area contributed by atoms with E-state index in [1.165, 1.54) is 6.07 Å². The van der Waals surface area contributed by atoms with Crippen LogP contribution in [0, 0.1) is 5.92 Å². The minimum atomic E-state index is -3.77. The Morgan fingerprint density at radius 2 is 2.11 bits per heavy atom. The molecule has 6 nitrogen and oxygen atoms in total. The summed E-state index contributed by atoms with van der Waals surface area (Å²) < 4.78 is 28.8. The summed E-state index contributed by atoms with van der Waals surface area (Å²) in [5.41, 5.74) is 0.871. The van der Waals surface area contributed by atoms with Gasteiger partial charge in [0, 0.05) is 29.6 Å². The Labute approximate surface area is 128 Å². The molecule has 1 aromatic carbocycles. The molecule has 0 aliphatic rings. The maximum Gasteiger partial charge on any atom is 0.299 e. The molecule has 0 bridgehead atoms. The summed E-state index contributed by atoms with van der Waals surface area (Å²) >= 11 is 0. The maximum atomic E-state index is 11.9. The van der Waals surface area contributed by atoms with Crippen LogP contribution >= 0.6 is 0 Å². The second kappa shape index (κ2) is 6.12. The third-order valence-corrected chi connectivity index (χ3v) is 3.46. The van der Waals surface area contributed by atoms with Crippen LogP contribution in [0.15, 0.2) is 23.1 Å². The average molecular weight is 278 g/mol. The van der Waals surface area contributed by atoms with E-state index in [2.05, 4.69) is 15.4 Å². The number of hydrogen-bond donors (Lipinski definition) is 1. The van der Waals surface area contributed by atoms with Gasteiger partial charge in [-0.05, 0) is 18.1 Å². The van der Waals surface area contributed by atoms with Gasteiger partial charge in [-0.2, -0.15) is 8.42 Å². The van der Waals surface area contributed by atoms with Gasteiger partial charge in [0.1, 0.15) is 10.4 Å². The first kappa shape index (κ1) is 15.6. The molecule has 0 saturated heterocycles. The van der Waals surface area contributed by atoms with Gasteiger partial charge in [-0.15, -0.1) is 5.10 Å². The van der Waals surface area contributed by atoms with Crippen LogP contribution in [-0.2, 0) is 14.3 Å². The quantitative estimate of drug-likeness (QED) is 0.664. The topological polar surface area (TPSA) is 84.9 Å². The molecule has 0 spiro atoms. The van der Waals surface area contributed by atoms with Crippen molar-refractivity contribution in [2.24, 2.45) is 5.92 Å². The molecular formula is C10H13N3NaO3S. The largest absolute Gasteiger partial charge is 0.299 e. The van der Waals surface area contributed by atoms with Crippen molar-refractivity contribution in [1.82, 2.24) is 15.4 Å². The van der Waals surface area contributed by atoms with E-state index >= 15 is 0 Å². The summed E-state index contributed by atoms with van der Waals surface area (Å²) in [7, 11) is -3.77. The van der Waals surface area contributed by atoms with Crippen molar-refractivity contribution in [3.8, 4) is 0 Å². The molecule has 0 aliphatic carbocycles. The Kier molecular flexibility index (Phi) is 5.30. The SMILES string of the molecule is CC(C)COS(=O)(=O)c1cccc2[nH]nnc12.[Na]. The van der Waals surface area contributed by atoms with Gasteiger partial charge in [-0.3, -0.25) is 9.28 Å². The van der Waals surface area contributed by atoms with E-state index in [0.29, 0.717) is 11.0 Å². The molecule has 93 valence electrons. The number of H-pyrrole nitrogens is 1. The fourth-order valence-corrected chi connectivity index (χ4v) is 2.55. The first-order valence-electron chi connectivity index (χ1n) is 5.20.